The summed E-state index contributed by atoms with van der Waals surface area (Å²) < 4.78 is 0. The summed E-state index contributed by atoms with van der Waals surface area (Å²) in [5.41, 5.74) is 4.75. The Morgan fingerprint density at radius 1 is 0.957 bits per heavy atom. The van der Waals surface area contributed by atoms with E-state index in [9.17, 15) is 9.59 Å². The number of amides is 2. The summed E-state index contributed by atoms with van der Waals surface area (Å²) >= 11 is 0. The smallest absolute Gasteiger partial charge is 0.256 e. The normalized spacial score (nSPS) is 17.7. The number of rotatable bonds is 3. The van der Waals surface area contributed by atoms with Gasteiger partial charge in [0.15, 0.2) is 0 Å². The van der Waals surface area contributed by atoms with E-state index < -0.39 is 6.04 Å². The van der Waals surface area contributed by atoms with Crippen molar-refractivity contribution in [2.75, 3.05) is 10.2 Å². The summed E-state index contributed by atoms with van der Waals surface area (Å²) in [7, 11) is 0. The minimum Gasteiger partial charge on any atom is -0.373 e. The summed E-state index contributed by atoms with van der Waals surface area (Å²) in [6.45, 7) is 5.95. The van der Waals surface area contributed by atoms with Crippen molar-refractivity contribution in [2.24, 2.45) is 0 Å². The Hall–Kier alpha value is -2.62. The largest absolute Gasteiger partial charge is 0.373 e. The molecular weight excluding hydrogens is 288 g/mol. The van der Waals surface area contributed by atoms with Gasteiger partial charge in [-0.2, -0.15) is 0 Å². The molecule has 1 fully saturated rings. The van der Waals surface area contributed by atoms with E-state index in [-0.39, 0.29) is 18.2 Å². The Kier molecular flexibility index (Phi) is 3.90. The predicted octanol–water partition coefficient (Wildman–Crippen LogP) is 3.36. The molecule has 1 heterocycles. The van der Waals surface area contributed by atoms with Gasteiger partial charge in [-0.05, 0) is 49.6 Å². The number of hydrogen-bond acceptors (Lipinski definition) is 3. The predicted molar refractivity (Wildman–Crippen MR) is 91.6 cm³/mol. The summed E-state index contributed by atoms with van der Waals surface area (Å²) in [6.07, 6.45) is 0.181. The van der Waals surface area contributed by atoms with E-state index in [4.69, 9.17) is 0 Å². The quantitative estimate of drug-likeness (QED) is 0.885. The van der Waals surface area contributed by atoms with Gasteiger partial charge in [0.2, 0.25) is 5.91 Å². The van der Waals surface area contributed by atoms with Crippen molar-refractivity contribution in [3.8, 4) is 0 Å². The van der Waals surface area contributed by atoms with Gasteiger partial charge in [-0.3, -0.25) is 9.59 Å². The molecule has 118 valence electrons. The average Bonchev–Trinajstić information content (AvgIpc) is 2.79. The van der Waals surface area contributed by atoms with Gasteiger partial charge in [0.05, 0.1) is 12.1 Å². The van der Waals surface area contributed by atoms with E-state index >= 15 is 0 Å². The monoisotopic (exact) mass is 308 g/mol. The number of nitrogens with one attached hydrogen (secondary N) is 1. The van der Waals surface area contributed by atoms with Gasteiger partial charge < -0.3 is 5.32 Å². The van der Waals surface area contributed by atoms with Crippen LogP contribution in [0.25, 0.3) is 0 Å². The molecule has 4 heteroatoms. The lowest BCUT2D eigenvalue weighted by molar-refractivity contribution is -0.121. The number of aryl methyl sites for hydroxylation is 2. The van der Waals surface area contributed by atoms with Crippen molar-refractivity contribution in [1.82, 2.24) is 0 Å². The van der Waals surface area contributed by atoms with E-state index in [1.165, 1.54) is 4.90 Å². The van der Waals surface area contributed by atoms with Crippen LogP contribution in [0.1, 0.15) is 23.1 Å². The average molecular weight is 308 g/mol. The number of carbonyl (C=O) groups excluding carboxylic acids is 2. The highest BCUT2D eigenvalue weighted by Crippen LogP contribution is 2.28. The third-order valence-corrected chi connectivity index (χ3v) is 4.44. The fourth-order valence-corrected chi connectivity index (χ4v) is 2.91. The molecule has 3 rings (SSSR count). The van der Waals surface area contributed by atoms with E-state index in [0.29, 0.717) is 5.69 Å². The molecule has 2 amide bonds. The van der Waals surface area contributed by atoms with E-state index in [2.05, 4.69) is 5.32 Å². The Balaban J connectivity index is 1.87. The summed E-state index contributed by atoms with van der Waals surface area (Å²) in [5.74, 6) is -0.350. The molecule has 0 spiro atoms. The Morgan fingerprint density at radius 2 is 1.65 bits per heavy atom. The molecular formula is C19H20N2O2. The molecule has 0 unspecified atom stereocenters. The minimum absolute atomic E-state index is 0.160. The van der Waals surface area contributed by atoms with Gasteiger partial charge in [-0.15, -0.1) is 0 Å². The highest BCUT2D eigenvalue weighted by atomic mass is 16.2. The molecule has 0 radical (unpaired) electrons. The van der Waals surface area contributed by atoms with Crippen LogP contribution >= 0.6 is 0 Å². The van der Waals surface area contributed by atoms with Crippen LogP contribution in [0.4, 0.5) is 11.4 Å². The maximum atomic E-state index is 12.7. The third kappa shape index (κ3) is 2.72. The zero-order chi connectivity index (χ0) is 16.6. The first kappa shape index (κ1) is 15.3. The van der Waals surface area contributed by atoms with Crippen LogP contribution in [0.3, 0.4) is 0 Å². The Bertz CT molecular complexity index is 783. The van der Waals surface area contributed by atoms with Crippen molar-refractivity contribution >= 4 is 23.2 Å². The molecule has 2 aromatic rings. The SMILES string of the molecule is Cc1ccccc1N1C(=O)C[C@@H](Nc2cccc(C)c2C)C1=O. The number of benzene rings is 2. The van der Waals surface area contributed by atoms with Crippen LogP contribution in [0.15, 0.2) is 42.5 Å². The highest BCUT2D eigenvalue weighted by molar-refractivity contribution is 6.23. The number of nitrogens with zero attached hydrogens (tertiary/aromatic N) is 1. The first-order valence-corrected chi connectivity index (χ1v) is 7.74. The molecule has 4 nitrogen and oxygen atoms in total. The molecule has 1 aliphatic rings. The number of carbonyl (C=O) groups is 2. The number of hydrogen-bond donors (Lipinski definition) is 1. The van der Waals surface area contributed by atoms with Crippen LogP contribution in [-0.4, -0.2) is 17.9 Å². The van der Waals surface area contributed by atoms with Crippen molar-refractivity contribution in [3.63, 3.8) is 0 Å². The van der Waals surface area contributed by atoms with E-state index in [0.717, 1.165) is 22.4 Å². The molecule has 1 N–H and O–H groups in total. The van der Waals surface area contributed by atoms with Gasteiger partial charge in [0, 0.05) is 5.69 Å². The van der Waals surface area contributed by atoms with Crippen LogP contribution in [0, 0.1) is 20.8 Å². The fraction of sp³-hybridized carbons (Fsp3) is 0.263. The Morgan fingerprint density at radius 3 is 2.39 bits per heavy atom. The first-order chi connectivity index (χ1) is 11.0. The minimum atomic E-state index is -0.511. The Labute approximate surface area is 136 Å². The fourth-order valence-electron chi connectivity index (χ4n) is 2.91. The lowest BCUT2D eigenvalue weighted by atomic mass is 10.1. The van der Waals surface area contributed by atoms with Crippen molar-refractivity contribution in [1.29, 1.82) is 0 Å². The molecule has 0 saturated carbocycles. The van der Waals surface area contributed by atoms with Crippen LogP contribution < -0.4 is 10.2 Å². The second-order valence-electron chi connectivity index (χ2n) is 6.00. The number of anilines is 2. The number of para-hydroxylation sites is 1. The second kappa shape index (κ2) is 5.88. The molecule has 1 atom stereocenters. The highest BCUT2D eigenvalue weighted by Gasteiger charge is 2.40. The third-order valence-electron chi connectivity index (χ3n) is 4.44. The standard InChI is InChI=1S/C19H20N2O2/c1-12-8-6-9-15(14(12)3)20-16-11-18(22)21(19(16)23)17-10-5-4-7-13(17)2/h4-10,16,20H,11H2,1-3H3/t16-/m1/s1. The molecule has 23 heavy (non-hydrogen) atoms. The van der Waals surface area contributed by atoms with Crippen molar-refractivity contribution in [3.05, 3.63) is 59.2 Å². The molecule has 0 bridgehead atoms. The maximum absolute atomic E-state index is 12.7. The van der Waals surface area contributed by atoms with Crippen molar-refractivity contribution < 1.29 is 9.59 Å². The first-order valence-electron chi connectivity index (χ1n) is 7.74. The summed E-state index contributed by atoms with van der Waals surface area (Å²) in [5, 5.41) is 3.24. The molecule has 1 aliphatic heterocycles. The van der Waals surface area contributed by atoms with Gasteiger partial charge >= 0.3 is 0 Å². The summed E-state index contributed by atoms with van der Waals surface area (Å²) in [4.78, 5) is 26.4. The van der Waals surface area contributed by atoms with Gasteiger partial charge in [0.25, 0.3) is 5.91 Å². The molecule has 1 saturated heterocycles. The molecule has 0 aliphatic carbocycles. The van der Waals surface area contributed by atoms with Crippen LogP contribution in [0.2, 0.25) is 0 Å². The van der Waals surface area contributed by atoms with Gasteiger partial charge in [0.1, 0.15) is 6.04 Å². The van der Waals surface area contributed by atoms with Crippen LogP contribution in [-0.2, 0) is 9.59 Å². The lowest BCUT2D eigenvalue weighted by Gasteiger charge is -2.19. The zero-order valence-electron chi connectivity index (χ0n) is 13.6. The summed E-state index contributed by atoms with van der Waals surface area (Å²) in [6, 6.07) is 12.9. The number of imide groups is 1. The lowest BCUT2D eigenvalue weighted by Crippen LogP contribution is -2.35. The second-order valence-corrected chi connectivity index (χ2v) is 6.00. The van der Waals surface area contributed by atoms with Crippen molar-refractivity contribution in [2.45, 2.75) is 33.2 Å². The van der Waals surface area contributed by atoms with Gasteiger partial charge in [-0.25, -0.2) is 4.90 Å². The zero-order valence-corrected chi connectivity index (χ0v) is 13.6. The van der Waals surface area contributed by atoms with Crippen LogP contribution in [0.5, 0.6) is 0 Å². The topological polar surface area (TPSA) is 49.4 Å². The molecule has 0 aromatic heterocycles. The molecule has 2 aromatic carbocycles. The van der Waals surface area contributed by atoms with E-state index in [1.807, 2.05) is 63.2 Å². The van der Waals surface area contributed by atoms with Gasteiger partial charge in [-0.1, -0.05) is 30.3 Å². The van der Waals surface area contributed by atoms with E-state index in [1.54, 1.807) is 0 Å². The maximum Gasteiger partial charge on any atom is 0.256 e.